The van der Waals surface area contributed by atoms with Gasteiger partial charge >= 0.3 is 0 Å². The SMILES string of the molecule is CCn1cc(Cl)c(-c2nc3c4c5c(sc4ncn3n2)CC(C(C)(C)CC)CC5)n1. The number of fused-ring (bicyclic) bond motifs is 5. The van der Waals surface area contributed by atoms with Crippen LogP contribution in [-0.4, -0.2) is 29.4 Å². The fourth-order valence-electron chi connectivity index (χ4n) is 4.34. The Morgan fingerprint density at radius 2 is 2.10 bits per heavy atom. The second-order valence-electron chi connectivity index (χ2n) is 8.60. The van der Waals surface area contributed by atoms with E-state index < -0.39 is 0 Å². The summed E-state index contributed by atoms with van der Waals surface area (Å²) in [6.07, 6.45) is 8.22. The first-order valence-corrected chi connectivity index (χ1v) is 11.5. The number of aromatic nitrogens is 6. The molecule has 6 nitrogen and oxygen atoms in total. The first-order chi connectivity index (χ1) is 13.9. The molecule has 1 aliphatic carbocycles. The smallest absolute Gasteiger partial charge is 0.204 e. The van der Waals surface area contributed by atoms with E-state index in [0.29, 0.717) is 27.9 Å². The van der Waals surface area contributed by atoms with Crippen molar-refractivity contribution in [2.24, 2.45) is 11.3 Å². The third kappa shape index (κ3) is 2.97. The molecule has 4 aromatic rings. The van der Waals surface area contributed by atoms with E-state index >= 15 is 0 Å². The molecule has 0 saturated heterocycles. The third-order valence-corrected chi connectivity index (χ3v) is 8.09. The molecular formula is C21H25ClN6S. The number of rotatable bonds is 4. The predicted octanol–water partition coefficient (Wildman–Crippen LogP) is 5.42. The summed E-state index contributed by atoms with van der Waals surface area (Å²) >= 11 is 8.21. The van der Waals surface area contributed by atoms with E-state index in [4.69, 9.17) is 21.6 Å². The standard InChI is InChI=1S/C21H25ClN6S/c1-5-21(3,4)12-7-8-13-15(9-12)29-20-16(13)19-24-18(26-28(19)11-23-20)17-14(22)10-27(6-2)25-17/h10-12H,5-9H2,1-4H3. The Hall–Kier alpha value is -1.99. The number of nitrogens with zero attached hydrogens (tertiary/aromatic N) is 6. The summed E-state index contributed by atoms with van der Waals surface area (Å²) in [5.41, 5.74) is 3.26. The van der Waals surface area contributed by atoms with Gasteiger partial charge in [-0.3, -0.25) is 4.68 Å². The lowest BCUT2D eigenvalue weighted by atomic mass is 9.70. The van der Waals surface area contributed by atoms with E-state index in [1.165, 1.54) is 23.3 Å². The summed E-state index contributed by atoms with van der Waals surface area (Å²) in [4.78, 5) is 12.1. The molecule has 0 aliphatic heterocycles. The highest BCUT2D eigenvalue weighted by Gasteiger charge is 2.33. The molecule has 1 aliphatic rings. The molecule has 0 N–H and O–H groups in total. The summed E-state index contributed by atoms with van der Waals surface area (Å²) < 4.78 is 3.58. The highest BCUT2D eigenvalue weighted by Crippen LogP contribution is 2.45. The summed E-state index contributed by atoms with van der Waals surface area (Å²) in [5.74, 6) is 1.27. The van der Waals surface area contributed by atoms with Gasteiger partial charge in [-0.05, 0) is 43.1 Å². The van der Waals surface area contributed by atoms with Gasteiger partial charge in [0.1, 0.15) is 11.2 Å². The third-order valence-electron chi connectivity index (χ3n) is 6.66. The van der Waals surface area contributed by atoms with Gasteiger partial charge in [0.25, 0.3) is 0 Å². The van der Waals surface area contributed by atoms with Crippen molar-refractivity contribution in [3.05, 3.63) is 28.0 Å². The summed E-state index contributed by atoms with van der Waals surface area (Å²) in [7, 11) is 0. The second-order valence-corrected chi connectivity index (χ2v) is 10.1. The average molecular weight is 429 g/mol. The molecule has 0 fully saturated rings. The molecule has 8 heteroatoms. The van der Waals surface area contributed by atoms with Crippen molar-refractivity contribution in [1.29, 1.82) is 0 Å². The minimum absolute atomic E-state index is 0.369. The number of aryl methyl sites for hydroxylation is 2. The second kappa shape index (κ2) is 6.77. The zero-order chi connectivity index (χ0) is 20.3. The van der Waals surface area contributed by atoms with Crippen LogP contribution in [0.1, 0.15) is 51.0 Å². The molecule has 1 atom stereocenters. The Morgan fingerprint density at radius 3 is 2.83 bits per heavy atom. The number of hydrogen-bond acceptors (Lipinski definition) is 5. The summed E-state index contributed by atoms with van der Waals surface area (Å²) in [5, 5.41) is 10.9. The van der Waals surface area contributed by atoms with Crippen LogP contribution in [0.5, 0.6) is 0 Å². The topological polar surface area (TPSA) is 60.9 Å². The molecule has 152 valence electrons. The van der Waals surface area contributed by atoms with Gasteiger partial charge in [0.05, 0.1) is 10.4 Å². The first kappa shape index (κ1) is 19.0. The van der Waals surface area contributed by atoms with E-state index in [0.717, 1.165) is 35.3 Å². The van der Waals surface area contributed by atoms with Crippen LogP contribution in [0, 0.1) is 11.3 Å². The number of hydrogen-bond donors (Lipinski definition) is 0. The molecule has 4 heterocycles. The van der Waals surface area contributed by atoms with Gasteiger partial charge in [0, 0.05) is 17.6 Å². The van der Waals surface area contributed by atoms with Crippen molar-refractivity contribution >= 4 is 38.8 Å². The van der Waals surface area contributed by atoms with E-state index in [2.05, 4.69) is 31.0 Å². The molecule has 0 amide bonds. The fraction of sp³-hybridized carbons (Fsp3) is 0.524. The van der Waals surface area contributed by atoms with E-state index in [-0.39, 0.29) is 0 Å². The van der Waals surface area contributed by atoms with Crippen molar-refractivity contribution in [3.8, 4) is 11.5 Å². The highest BCUT2D eigenvalue weighted by molar-refractivity contribution is 7.19. The molecule has 0 saturated carbocycles. The Morgan fingerprint density at radius 1 is 1.28 bits per heavy atom. The van der Waals surface area contributed by atoms with Crippen LogP contribution in [0.3, 0.4) is 0 Å². The molecule has 5 rings (SSSR count). The predicted molar refractivity (Wildman–Crippen MR) is 118 cm³/mol. The van der Waals surface area contributed by atoms with Crippen molar-refractivity contribution < 1.29 is 0 Å². The minimum Gasteiger partial charge on any atom is -0.271 e. The lowest BCUT2D eigenvalue weighted by Gasteiger charge is -2.36. The molecule has 0 radical (unpaired) electrons. The monoisotopic (exact) mass is 428 g/mol. The molecule has 0 bridgehead atoms. The highest BCUT2D eigenvalue weighted by atomic mass is 35.5. The average Bonchev–Trinajstić information content (AvgIpc) is 3.40. The Kier molecular flexibility index (Phi) is 4.44. The van der Waals surface area contributed by atoms with Crippen LogP contribution in [0.2, 0.25) is 5.02 Å². The zero-order valence-corrected chi connectivity index (χ0v) is 18.8. The Balaban J connectivity index is 1.63. The molecule has 1 unspecified atom stereocenters. The van der Waals surface area contributed by atoms with Gasteiger partial charge in [-0.25, -0.2) is 14.5 Å². The lowest BCUT2D eigenvalue weighted by molar-refractivity contribution is 0.184. The van der Waals surface area contributed by atoms with E-state index in [1.807, 2.05) is 24.5 Å². The maximum Gasteiger partial charge on any atom is 0.204 e. The molecule has 0 aromatic carbocycles. The molecule has 0 spiro atoms. The molecule has 4 aromatic heterocycles. The van der Waals surface area contributed by atoms with Gasteiger partial charge < -0.3 is 0 Å². The van der Waals surface area contributed by atoms with Crippen molar-refractivity contribution in [2.45, 2.75) is 59.9 Å². The van der Waals surface area contributed by atoms with E-state index in [9.17, 15) is 0 Å². The van der Waals surface area contributed by atoms with Gasteiger partial charge in [-0.2, -0.15) is 5.10 Å². The van der Waals surface area contributed by atoms with Crippen LogP contribution in [0.15, 0.2) is 12.5 Å². The van der Waals surface area contributed by atoms with Crippen LogP contribution in [0.4, 0.5) is 0 Å². The Labute approximate surface area is 178 Å². The zero-order valence-electron chi connectivity index (χ0n) is 17.2. The summed E-state index contributed by atoms with van der Waals surface area (Å²) in [6, 6.07) is 0. The van der Waals surface area contributed by atoms with Crippen LogP contribution >= 0.6 is 22.9 Å². The fourth-order valence-corrected chi connectivity index (χ4v) is 5.84. The van der Waals surface area contributed by atoms with Crippen LogP contribution in [0.25, 0.3) is 27.4 Å². The molecule has 29 heavy (non-hydrogen) atoms. The van der Waals surface area contributed by atoms with Gasteiger partial charge in [-0.1, -0.05) is 38.8 Å². The normalized spacial score (nSPS) is 17.3. The quantitative estimate of drug-likeness (QED) is 0.435. The van der Waals surface area contributed by atoms with Crippen molar-refractivity contribution in [2.75, 3.05) is 0 Å². The largest absolute Gasteiger partial charge is 0.271 e. The minimum atomic E-state index is 0.369. The first-order valence-electron chi connectivity index (χ1n) is 10.3. The van der Waals surface area contributed by atoms with Gasteiger partial charge in [0.15, 0.2) is 11.3 Å². The van der Waals surface area contributed by atoms with Gasteiger partial charge in [-0.15, -0.1) is 16.4 Å². The maximum atomic E-state index is 6.38. The van der Waals surface area contributed by atoms with Crippen molar-refractivity contribution in [1.82, 2.24) is 29.4 Å². The van der Waals surface area contributed by atoms with Crippen molar-refractivity contribution in [3.63, 3.8) is 0 Å². The van der Waals surface area contributed by atoms with Crippen LogP contribution in [-0.2, 0) is 19.4 Å². The van der Waals surface area contributed by atoms with Crippen LogP contribution < -0.4 is 0 Å². The molecular weight excluding hydrogens is 404 g/mol. The van der Waals surface area contributed by atoms with Gasteiger partial charge in [0.2, 0.25) is 5.82 Å². The summed E-state index contributed by atoms with van der Waals surface area (Å²) in [6.45, 7) is 9.88. The lowest BCUT2D eigenvalue weighted by Crippen LogP contribution is -2.28. The Bertz CT molecular complexity index is 1220. The maximum absolute atomic E-state index is 6.38. The van der Waals surface area contributed by atoms with E-state index in [1.54, 1.807) is 15.5 Å². The number of halogens is 1. The number of thiophene rings is 1.